The number of carbonyl (C=O) groups is 1. The normalized spacial score (nSPS) is 10.9. The van der Waals surface area contributed by atoms with Crippen LogP contribution in [0.2, 0.25) is 0 Å². The number of nitrogens with one attached hydrogen (secondary N) is 1. The third kappa shape index (κ3) is 2.70. The molecule has 0 aliphatic rings. The Balaban J connectivity index is 1.86. The number of hydrogen-bond donors (Lipinski definition) is 1. The maximum atomic E-state index is 12.4. The van der Waals surface area contributed by atoms with Crippen LogP contribution in [0, 0.1) is 20.8 Å². The highest BCUT2D eigenvalue weighted by Gasteiger charge is 2.17. The van der Waals surface area contributed by atoms with Gasteiger partial charge < -0.3 is 4.74 Å². The van der Waals surface area contributed by atoms with Crippen LogP contribution in [0.1, 0.15) is 32.9 Å². The van der Waals surface area contributed by atoms with Crippen molar-refractivity contribution in [3.05, 3.63) is 58.4 Å². The molecule has 2 heterocycles. The van der Waals surface area contributed by atoms with E-state index in [1.54, 1.807) is 6.07 Å². The number of carbonyl (C=O) groups excluding carboxylic acids is 1. The molecular formula is C17H17N3O2. The van der Waals surface area contributed by atoms with Crippen molar-refractivity contribution >= 4 is 17.0 Å². The molecule has 0 unspecified atom stereocenters. The van der Waals surface area contributed by atoms with Crippen LogP contribution in [-0.4, -0.2) is 21.2 Å². The number of pyridine rings is 1. The Morgan fingerprint density at radius 1 is 1.18 bits per heavy atom. The van der Waals surface area contributed by atoms with Gasteiger partial charge in [-0.25, -0.2) is 9.78 Å². The van der Waals surface area contributed by atoms with Crippen molar-refractivity contribution in [3.8, 4) is 0 Å². The van der Waals surface area contributed by atoms with Crippen LogP contribution in [0.5, 0.6) is 0 Å². The first-order valence-electron chi connectivity index (χ1n) is 7.09. The van der Waals surface area contributed by atoms with E-state index in [1.165, 1.54) is 5.56 Å². The molecule has 0 aliphatic heterocycles. The number of rotatable bonds is 3. The second kappa shape index (κ2) is 5.60. The summed E-state index contributed by atoms with van der Waals surface area (Å²) < 4.78 is 5.43. The van der Waals surface area contributed by atoms with Crippen LogP contribution in [0.4, 0.5) is 0 Å². The average molecular weight is 295 g/mol. The third-order valence-electron chi connectivity index (χ3n) is 3.54. The molecule has 3 aromatic rings. The summed E-state index contributed by atoms with van der Waals surface area (Å²) in [7, 11) is 0. The van der Waals surface area contributed by atoms with Gasteiger partial charge >= 0.3 is 5.97 Å². The predicted octanol–water partition coefficient (Wildman–Crippen LogP) is 3.24. The quantitative estimate of drug-likeness (QED) is 0.753. The number of benzene rings is 1. The highest BCUT2D eigenvalue weighted by Crippen LogP contribution is 2.21. The Bertz CT molecular complexity index is 835. The van der Waals surface area contributed by atoms with E-state index in [0.29, 0.717) is 11.2 Å². The molecule has 0 spiro atoms. The smallest absolute Gasteiger partial charge is 0.339 e. The van der Waals surface area contributed by atoms with Crippen LogP contribution in [-0.2, 0) is 11.3 Å². The van der Waals surface area contributed by atoms with Crippen molar-refractivity contribution in [2.75, 3.05) is 0 Å². The highest BCUT2D eigenvalue weighted by atomic mass is 16.5. The van der Waals surface area contributed by atoms with Crippen LogP contribution >= 0.6 is 0 Å². The lowest BCUT2D eigenvalue weighted by Crippen LogP contribution is -2.07. The zero-order valence-corrected chi connectivity index (χ0v) is 12.8. The lowest BCUT2D eigenvalue weighted by molar-refractivity contribution is 0.0475. The van der Waals surface area contributed by atoms with Crippen LogP contribution in [0.3, 0.4) is 0 Å². The summed E-state index contributed by atoms with van der Waals surface area (Å²) in [5.74, 6) is -0.361. The summed E-state index contributed by atoms with van der Waals surface area (Å²) >= 11 is 0. The first-order chi connectivity index (χ1) is 10.5. The highest BCUT2D eigenvalue weighted by molar-refractivity contribution is 6.03. The van der Waals surface area contributed by atoms with Gasteiger partial charge in [-0.15, -0.1) is 0 Å². The molecule has 1 aromatic carbocycles. The molecule has 5 heteroatoms. The Morgan fingerprint density at radius 2 is 1.91 bits per heavy atom. The summed E-state index contributed by atoms with van der Waals surface area (Å²) in [5.41, 5.74) is 4.73. The fraction of sp³-hybridized carbons (Fsp3) is 0.235. The molecular weight excluding hydrogens is 278 g/mol. The number of hydrogen-bond acceptors (Lipinski definition) is 4. The lowest BCUT2D eigenvalue weighted by Gasteiger charge is -2.07. The summed E-state index contributed by atoms with van der Waals surface area (Å²) in [6.07, 6.45) is 0. The first kappa shape index (κ1) is 14.3. The summed E-state index contributed by atoms with van der Waals surface area (Å²) in [6.45, 7) is 5.97. The van der Waals surface area contributed by atoms with Gasteiger partial charge in [-0.05, 0) is 32.4 Å². The second-order valence-electron chi connectivity index (χ2n) is 5.42. The van der Waals surface area contributed by atoms with Gasteiger partial charge in [0.25, 0.3) is 0 Å². The van der Waals surface area contributed by atoms with Crippen molar-refractivity contribution in [1.29, 1.82) is 0 Å². The van der Waals surface area contributed by atoms with E-state index in [4.69, 9.17) is 4.74 Å². The van der Waals surface area contributed by atoms with Crippen molar-refractivity contribution in [1.82, 2.24) is 15.2 Å². The number of aromatic nitrogens is 3. The predicted molar refractivity (Wildman–Crippen MR) is 83.7 cm³/mol. The van der Waals surface area contributed by atoms with Gasteiger partial charge in [0.05, 0.1) is 10.9 Å². The molecule has 112 valence electrons. The fourth-order valence-corrected chi connectivity index (χ4v) is 2.37. The van der Waals surface area contributed by atoms with Crippen molar-refractivity contribution in [2.24, 2.45) is 0 Å². The minimum Gasteiger partial charge on any atom is -0.457 e. The number of aromatic amines is 1. The first-order valence-corrected chi connectivity index (χ1v) is 7.09. The minimum absolute atomic E-state index is 0.249. The van der Waals surface area contributed by atoms with Crippen LogP contribution in [0.15, 0.2) is 30.3 Å². The molecule has 0 fully saturated rings. The summed E-state index contributed by atoms with van der Waals surface area (Å²) in [4.78, 5) is 16.7. The molecule has 0 saturated carbocycles. The number of nitrogens with zero attached hydrogens (tertiary/aromatic N) is 2. The van der Waals surface area contributed by atoms with Gasteiger partial charge in [0.15, 0.2) is 5.65 Å². The molecule has 3 rings (SSSR count). The third-order valence-corrected chi connectivity index (χ3v) is 3.54. The molecule has 2 aromatic heterocycles. The van der Waals surface area contributed by atoms with E-state index in [9.17, 15) is 4.79 Å². The minimum atomic E-state index is -0.361. The number of H-pyrrole nitrogens is 1. The average Bonchev–Trinajstić information content (AvgIpc) is 2.86. The molecule has 5 nitrogen and oxygen atoms in total. The van der Waals surface area contributed by atoms with E-state index < -0.39 is 0 Å². The Hall–Kier alpha value is -2.69. The summed E-state index contributed by atoms with van der Waals surface area (Å²) in [5, 5.41) is 7.69. The zero-order chi connectivity index (χ0) is 15.7. The van der Waals surface area contributed by atoms with Crippen molar-refractivity contribution in [3.63, 3.8) is 0 Å². The van der Waals surface area contributed by atoms with E-state index in [2.05, 4.69) is 15.2 Å². The van der Waals surface area contributed by atoms with Gasteiger partial charge in [0, 0.05) is 11.4 Å². The van der Waals surface area contributed by atoms with Gasteiger partial charge in [0.2, 0.25) is 0 Å². The largest absolute Gasteiger partial charge is 0.457 e. The topological polar surface area (TPSA) is 67.9 Å². The zero-order valence-electron chi connectivity index (χ0n) is 12.8. The van der Waals surface area contributed by atoms with Crippen LogP contribution < -0.4 is 0 Å². The number of ether oxygens (including phenoxy) is 1. The Morgan fingerprint density at radius 3 is 2.64 bits per heavy atom. The molecule has 22 heavy (non-hydrogen) atoms. The number of esters is 1. The van der Waals surface area contributed by atoms with E-state index >= 15 is 0 Å². The van der Waals surface area contributed by atoms with E-state index in [1.807, 2.05) is 45.0 Å². The Kier molecular flexibility index (Phi) is 3.63. The number of fused-ring (bicyclic) bond motifs is 1. The van der Waals surface area contributed by atoms with Crippen molar-refractivity contribution in [2.45, 2.75) is 27.4 Å². The second-order valence-corrected chi connectivity index (χ2v) is 5.42. The maximum Gasteiger partial charge on any atom is 0.339 e. The SMILES string of the molecule is Cc1ccc(COC(=O)c2cc(C)nc3n[nH]c(C)c23)cc1. The number of aryl methyl sites for hydroxylation is 3. The molecule has 0 amide bonds. The molecule has 0 radical (unpaired) electrons. The Labute approximate surface area is 128 Å². The fourth-order valence-electron chi connectivity index (χ4n) is 2.37. The lowest BCUT2D eigenvalue weighted by atomic mass is 10.1. The van der Waals surface area contributed by atoms with E-state index in [-0.39, 0.29) is 12.6 Å². The molecule has 0 aliphatic carbocycles. The van der Waals surface area contributed by atoms with Gasteiger partial charge in [-0.1, -0.05) is 29.8 Å². The molecule has 0 atom stereocenters. The standard InChI is InChI=1S/C17H17N3O2/c1-10-4-6-13(7-5-10)9-22-17(21)14-8-11(2)18-16-15(14)12(3)19-20-16/h4-8H,9H2,1-3H3,(H,18,19,20). The van der Waals surface area contributed by atoms with Gasteiger partial charge in [-0.3, -0.25) is 5.10 Å². The monoisotopic (exact) mass is 295 g/mol. The molecule has 1 N–H and O–H groups in total. The van der Waals surface area contributed by atoms with Gasteiger partial charge in [0.1, 0.15) is 6.61 Å². The van der Waals surface area contributed by atoms with E-state index in [0.717, 1.165) is 22.3 Å². The summed E-state index contributed by atoms with van der Waals surface area (Å²) in [6, 6.07) is 9.65. The van der Waals surface area contributed by atoms with Crippen LogP contribution in [0.25, 0.3) is 11.0 Å². The maximum absolute atomic E-state index is 12.4. The van der Waals surface area contributed by atoms with Crippen molar-refractivity contribution < 1.29 is 9.53 Å². The molecule has 0 saturated heterocycles. The molecule has 0 bridgehead atoms. The van der Waals surface area contributed by atoms with Gasteiger partial charge in [-0.2, -0.15) is 5.10 Å².